The third-order valence-electron chi connectivity index (χ3n) is 7.81. The van der Waals surface area contributed by atoms with Gasteiger partial charge in [0.1, 0.15) is 0 Å². The Kier molecular flexibility index (Phi) is 11.9. The zero-order valence-corrected chi connectivity index (χ0v) is 26.5. The van der Waals surface area contributed by atoms with E-state index in [2.05, 4.69) is 101 Å². The number of aryl methyl sites for hydroxylation is 1. The second-order valence-corrected chi connectivity index (χ2v) is 13.6. The molecule has 4 N–H and O–H groups in total. The van der Waals surface area contributed by atoms with Crippen LogP contribution >= 0.6 is 23.9 Å². The van der Waals surface area contributed by atoms with Crippen molar-refractivity contribution in [3.8, 4) is 0 Å². The van der Waals surface area contributed by atoms with Crippen LogP contribution in [-0.2, 0) is 18.6 Å². The molecule has 1 saturated heterocycles. The zero-order chi connectivity index (χ0) is 28.5. The van der Waals surface area contributed by atoms with Gasteiger partial charge in [-0.05, 0) is 113 Å². The Morgan fingerprint density at radius 1 is 1.12 bits per heavy atom. The number of aromatic amines is 1. The van der Waals surface area contributed by atoms with Gasteiger partial charge in [-0.15, -0.1) is 0 Å². The Morgan fingerprint density at radius 3 is 2.73 bits per heavy atom. The summed E-state index contributed by atoms with van der Waals surface area (Å²) in [5.74, 6) is 2.56. The van der Waals surface area contributed by atoms with E-state index in [1.807, 2.05) is 23.9 Å². The molecule has 40 heavy (non-hydrogen) atoms. The van der Waals surface area contributed by atoms with Crippen LogP contribution in [0.5, 0.6) is 0 Å². The first-order valence-corrected chi connectivity index (χ1v) is 16.4. The molecule has 0 bridgehead atoms. The predicted molar refractivity (Wildman–Crippen MR) is 179 cm³/mol. The van der Waals surface area contributed by atoms with Crippen LogP contribution in [0.1, 0.15) is 35.1 Å². The summed E-state index contributed by atoms with van der Waals surface area (Å²) < 4.78 is 5.92. The lowest BCUT2D eigenvalue weighted by Crippen LogP contribution is -2.17. The molecule has 1 aliphatic rings. The van der Waals surface area contributed by atoms with Gasteiger partial charge in [0, 0.05) is 66.0 Å². The van der Waals surface area contributed by atoms with Gasteiger partial charge < -0.3 is 20.5 Å². The van der Waals surface area contributed by atoms with Crippen molar-refractivity contribution in [3.05, 3.63) is 71.4 Å². The van der Waals surface area contributed by atoms with Gasteiger partial charge >= 0.3 is 0 Å². The van der Waals surface area contributed by atoms with Crippen LogP contribution < -0.4 is 10.5 Å². The average Bonchev–Trinajstić information content (AvgIpc) is 3.56. The number of fused-ring (bicyclic) bond motifs is 1. The van der Waals surface area contributed by atoms with E-state index >= 15 is 0 Å². The summed E-state index contributed by atoms with van der Waals surface area (Å²) in [4.78, 5) is 8.04. The van der Waals surface area contributed by atoms with E-state index in [4.69, 9.17) is 5.73 Å². The Bertz CT molecular complexity index is 1240. The van der Waals surface area contributed by atoms with Crippen molar-refractivity contribution in [1.82, 2.24) is 23.8 Å². The van der Waals surface area contributed by atoms with Gasteiger partial charge in [-0.2, -0.15) is 0 Å². The molecule has 1 aliphatic heterocycles. The highest BCUT2D eigenvalue weighted by molar-refractivity contribution is 7.97. The van der Waals surface area contributed by atoms with Crippen molar-refractivity contribution < 1.29 is 0 Å². The maximum absolute atomic E-state index is 6.32. The van der Waals surface area contributed by atoms with Crippen LogP contribution in [0.3, 0.4) is 0 Å². The second-order valence-electron chi connectivity index (χ2n) is 11.4. The van der Waals surface area contributed by atoms with Crippen molar-refractivity contribution in [2.24, 2.45) is 5.92 Å². The van der Waals surface area contributed by atoms with Gasteiger partial charge in [0.15, 0.2) is 0 Å². The second kappa shape index (κ2) is 15.3. The minimum atomic E-state index is 0.517. The molecule has 0 saturated carbocycles. The van der Waals surface area contributed by atoms with Crippen LogP contribution in [0.4, 0.5) is 5.69 Å². The van der Waals surface area contributed by atoms with E-state index in [0.29, 0.717) is 5.92 Å². The van der Waals surface area contributed by atoms with Gasteiger partial charge in [0.2, 0.25) is 0 Å². The highest BCUT2D eigenvalue weighted by atomic mass is 32.2. The molecule has 218 valence electrons. The first-order valence-electron chi connectivity index (χ1n) is 14.5. The number of hydrogen-bond acceptors (Lipinski definition) is 7. The SMILES string of the molecule is C=C(c1cc(CCSNCCCN(C)SCc2ccc3[nH]cc(CCN(C)C)c3c2)ccc1N)C1CCN(C)C1. The fourth-order valence-electron chi connectivity index (χ4n) is 5.28. The predicted octanol–water partition coefficient (Wildman–Crippen LogP) is 5.77. The molecular weight excluding hydrogens is 533 g/mol. The molecular formula is C32H48N6S2. The van der Waals surface area contributed by atoms with Crippen LogP contribution in [0.25, 0.3) is 16.5 Å². The molecule has 1 fully saturated rings. The molecule has 1 atom stereocenters. The summed E-state index contributed by atoms with van der Waals surface area (Å²) in [5, 5.41) is 1.37. The number of likely N-dealkylation sites (tertiary alicyclic amines) is 1. The topological polar surface area (TPSA) is 63.6 Å². The van der Waals surface area contributed by atoms with Gasteiger partial charge in [-0.25, -0.2) is 0 Å². The van der Waals surface area contributed by atoms with E-state index in [0.717, 1.165) is 74.7 Å². The van der Waals surface area contributed by atoms with Crippen molar-refractivity contribution >= 4 is 46.1 Å². The van der Waals surface area contributed by atoms with E-state index in [1.165, 1.54) is 39.6 Å². The standard InChI is InChI=1S/C32H48N6S2/c1-24(28-12-17-37(4)22-28)29-19-25(7-9-31(29)33)13-18-39-35-14-6-15-38(5)40-23-26-8-10-32-30(20-26)27(21-34-32)11-16-36(2)3/h7-10,19-21,28,34-35H,1,6,11-18,22-23,33H2,2-5H3. The Balaban J connectivity index is 1.11. The maximum Gasteiger partial charge on any atom is 0.0457 e. The molecule has 0 amide bonds. The Morgan fingerprint density at radius 2 is 1.95 bits per heavy atom. The van der Waals surface area contributed by atoms with Crippen LogP contribution in [0, 0.1) is 5.92 Å². The number of rotatable bonds is 16. The molecule has 6 nitrogen and oxygen atoms in total. The number of likely N-dealkylation sites (N-methyl/N-ethyl adjacent to an activating group) is 1. The van der Waals surface area contributed by atoms with Gasteiger partial charge in [0.25, 0.3) is 0 Å². The third-order valence-corrected chi connectivity index (χ3v) is 9.71. The molecule has 1 aromatic heterocycles. The number of hydrogen-bond donors (Lipinski definition) is 3. The largest absolute Gasteiger partial charge is 0.398 e. The summed E-state index contributed by atoms with van der Waals surface area (Å²) in [6.07, 6.45) is 6.57. The normalized spacial score (nSPS) is 16.1. The summed E-state index contributed by atoms with van der Waals surface area (Å²) in [5.41, 5.74) is 14.9. The molecule has 2 aromatic carbocycles. The number of H-pyrrole nitrogens is 1. The first-order chi connectivity index (χ1) is 19.3. The third kappa shape index (κ3) is 9.03. The quantitative estimate of drug-likeness (QED) is 0.113. The zero-order valence-electron chi connectivity index (χ0n) is 24.8. The monoisotopic (exact) mass is 580 g/mol. The molecule has 8 heteroatoms. The number of nitrogen functional groups attached to an aromatic ring is 1. The van der Waals surface area contributed by atoms with Crippen molar-refractivity contribution in [1.29, 1.82) is 0 Å². The highest BCUT2D eigenvalue weighted by Gasteiger charge is 2.23. The van der Waals surface area contributed by atoms with Crippen molar-refractivity contribution in [2.45, 2.75) is 31.4 Å². The summed E-state index contributed by atoms with van der Waals surface area (Å²) in [6, 6.07) is 13.3. The highest BCUT2D eigenvalue weighted by Crippen LogP contribution is 2.33. The first kappa shape index (κ1) is 31.0. The number of nitrogens with two attached hydrogens (primary N) is 1. The minimum Gasteiger partial charge on any atom is -0.398 e. The molecule has 0 aliphatic carbocycles. The molecule has 4 rings (SSSR count). The fourth-order valence-corrected chi connectivity index (χ4v) is 6.86. The maximum atomic E-state index is 6.32. The lowest BCUT2D eigenvalue weighted by atomic mass is 9.91. The fraction of sp³-hybridized carbons (Fsp3) is 0.500. The van der Waals surface area contributed by atoms with Gasteiger partial charge in [-0.3, -0.25) is 9.03 Å². The summed E-state index contributed by atoms with van der Waals surface area (Å²) >= 11 is 3.73. The summed E-state index contributed by atoms with van der Waals surface area (Å²) in [7, 11) is 8.64. The Labute approximate surface area is 250 Å². The smallest absolute Gasteiger partial charge is 0.0457 e. The van der Waals surface area contributed by atoms with Gasteiger partial charge in [-0.1, -0.05) is 42.6 Å². The minimum absolute atomic E-state index is 0.517. The van der Waals surface area contributed by atoms with Crippen LogP contribution in [0.2, 0.25) is 0 Å². The molecule has 0 radical (unpaired) electrons. The van der Waals surface area contributed by atoms with E-state index in [1.54, 1.807) is 0 Å². The number of benzene rings is 2. The van der Waals surface area contributed by atoms with E-state index < -0.39 is 0 Å². The van der Waals surface area contributed by atoms with Crippen molar-refractivity contribution in [3.63, 3.8) is 0 Å². The van der Waals surface area contributed by atoms with Crippen LogP contribution in [0.15, 0.2) is 49.2 Å². The van der Waals surface area contributed by atoms with E-state index in [9.17, 15) is 0 Å². The average molecular weight is 581 g/mol. The van der Waals surface area contributed by atoms with Crippen LogP contribution in [-0.4, -0.2) is 85.8 Å². The molecule has 0 spiro atoms. The molecule has 2 heterocycles. The summed E-state index contributed by atoms with van der Waals surface area (Å²) in [6.45, 7) is 9.78. The lowest BCUT2D eigenvalue weighted by molar-refractivity contribution is 0.409. The number of nitrogens with zero attached hydrogens (tertiary/aromatic N) is 3. The van der Waals surface area contributed by atoms with Gasteiger partial charge in [0.05, 0.1) is 0 Å². The lowest BCUT2D eigenvalue weighted by Gasteiger charge is -2.17. The molecule has 3 aromatic rings. The number of anilines is 1. The number of aromatic nitrogens is 1. The molecule has 1 unspecified atom stereocenters. The number of nitrogens with one attached hydrogen (secondary N) is 2. The van der Waals surface area contributed by atoms with E-state index in [-0.39, 0.29) is 0 Å². The Hall–Kier alpha value is -1.94. The van der Waals surface area contributed by atoms with Crippen molar-refractivity contribution in [2.75, 3.05) is 72.4 Å².